The summed E-state index contributed by atoms with van der Waals surface area (Å²) in [6.45, 7) is 5.28. The SMILES string of the molecule is CCCOc1ccc(/C=C/C(=O)NC(C)CCOC)cc1OC. The van der Waals surface area contributed by atoms with Gasteiger partial charge in [-0.3, -0.25) is 4.79 Å². The summed E-state index contributed by atoms with van der Waals surface area (Å²) < 4.78 is 15.9. The van der Waals surface area contributed by atoms with Gasteiger partial charge in [-0.1, -0.05) is 13.0 Å². The number of methoxy groups -OCH3 is 2. The van der Waals surface area contributed by atoms with Crippen LogP contribution in [0.4, 0.5) is 0 Å². The van der Waals surface area contributed by atoms with E-state index in [1.54, 1.807) is 20.3 Å². The Kier molecular flexibility index (Phi) is 8.83. The van der Waals surface area contributed by atoms with Crippen LogP contribution in [0.3, 0.4) is 0 Å². The normalized spacial score (nSPS) is 12.2. The van der Waals surface area contributed by atoms with Gasteiger partial charge in [0.2, 0.25) is 5.91 Å². The van der Waals surface area contributed by atoms with Crippen LogP contribution in [0.5, 0.6) is 11.5 Å². The quantitative estimate of drug-likeness (QED) is 0.673. The molecular weight excluding hydrogens is 294 g/mol. The number of ether oxygens (including phenoxy) is 3. The van der Waals surface area contributed by atoms with Crippen LogP contribution in [-0.2, 0) is 9.53 Å². The van der Waals surface area contributed by atoms with E-state index >= 15 is 0 Å². The fourth-order valence-electron chi connectivity index (χ4n) is 1.95. The Morgan fingerprint density at radius 1 is 1.26 bits per heavy atom. The highest BCUT2D eigenvalue weighted by atomic mass is 16.5. The lowest BCUT2D eigenvalue weighted by atomic mass is 10.2. The van der Waals surface area contributed by atoms with Gasteiger partial charge >= 0.3 is 0 Å². The molecule has 0 spiro atoms. The zero-order valence-electron chi connectivity index (χ0n) is 14.4. The molecule has 1 unspecified atom stereocenters. The van der Waals surface area contributed by atoms with Crippen molar-refractivity contribution in [2.45, 2.75) is 32.7 Å². The van der Waals surface area contributed by atoms with Gasteiger partial charge in [-0.25, -0.2) is 0 Å². The maximum absolute atomic E-state index is 11.9. The second-order valence-electron chi connectivity index (χ2n) is 5.28. The molecule has 1 N–H and O–H groups in total. The van der Waals surface area contributed by atoms with Crippen molar-refractivity contribution in [1.82, 2.24) is 5.32 Å². The highest BCUT2D eigenvalue weighted by Crippen LogP contribution is 2.28. The number of hydrogen-bond acceptors (Lipinski definition) is 4. The predicted molar refractivity (Wildman–Crippen MR) is 91.9 cm³/mol. The number of hydrogen-bond donors (Lipinski definition) is 1. The molecule has 5 heteroatoms. The maximum atomic E-state index is 11.9. The van der Waals surface area contributed by atoms with Gasteiger partial charge in [-0.15, -0.1) is 0 Å². The summed E-state index contributed by atoms with van der Waals surface area (Å²) in [5, 5.41) is 2.89. The van der Waals surface area contributed by atoms with Crippen LogP contribution in [0.25, 0.3) is 6.08 Å². The molecule has 0 saturated carbocycles. The molecule has 0 heterocycles. The smallest absolute Gasteiger partial charge is 0.244 e. The van der Waals surface area contributed by atoms with Gasteiger partial charge in [0.1, 0.15) is 0 Å². The number of amides is 1. The van der Waals surface area contributed by atoms with E-state index in [2.05, 4.69) is 12.2 Å². The molecule has 0 fully saturated rings. The average molecular weight is 321 g/mol. The van der Waals surface area contributed by atoms with Crippen LogP contribution in [0.15, 0.2) is 24.3 Å². The Bertz CT molecular complexity index is 514. The summed E-state index contributed by atoms with van der Waals surface area (Å²) >= 11 is 0. The van der Waals surface area contributed by atoms with Gasteiger partial charge < -0.3 is 19.5 Å². The van der Waals surface area contributed by atoms with Crippen LogP contribution >= 0.6 is 0 Å². The first-order valence-corrected chi connectivity index (χ1v) is 7.89. The first-order chi connectivity index (χ1) is 11.1. The van der Waals surface area contributed by atoms with E-state index in [9.17, 15) is 4.79 Å². The number of benzene rings is 1. The first kappa shape index (κ1) is 19.0. The standard InChI is InChI=1S/C18H27NO4/c1-5-11-23-16-8-6-15(13-17(16)22-4)7-9-18(20)19-14(2)10-12-21-3/h6-9,13-14H,5,10-12H2,1-4H3,(H,19,20)/b9-7+. The number of rotatable bonds is 10. The predicted octanol–water partition coefficient (Wildman–Crippen LogP) is 3.04. The van der Waals surface area contributed by atoms with E-state index in [0.717, 1.165) is 18.4 Å². The van der Waals surface area contributed by atoms with Crippen LogP contribution in [0.1, 0.15) is 32.3 Å². The molecule has 1 aromatic carbocycles. The minimum atomic E-state index is -0.126. The summed E-state index contributed by atoms with van der Waals surface area (Å²) in [4.78, 5) is 11.9. The van der Waals surface area contributed by atoms with Gasteiger partial charge in [0.05, 0.1) is 13.7 Å². The molecule has 0 aliphatic rings. The molecule has 0 saturated heterocycles. The van der Waals surface area contributed by atoms with Crippen molar-refractivity contribution in [3.63, 3.8) is 0 Å². The highest BCUT2D eigenvalue weighted by molar-refractivity contribution is 5.91. The maximum Gasteiger partial charge on any atom is 0.244 e. The third-order valence-electron chi connectivity index (χ3n) is 3.22. The van der Waals surface area contributed by atoms with E-state index in [4.69, 9.17) is 14.2 Å². The Morgan fingerprint density at radius 3 is 2.70 bits per heavy atom. The molecular formula is C18H27NO4. The zero-order valence-corrected chi connectivity index (χ0v) is 14.4. The van der Waals surface area contributed by atoms with Gasteiger partial charge in [0.25, 0.3) is 0 Å². The number of nitrogens with one attached hydrogen (secondary N) is 1. The second-order valence-corrected chi connectivity index (χ2v) is 5.28. The average Bonchev–Trinajstić information content (AvgIpc) is 2.56. The lowest BCUT2D eigenvalue weighted by Gasteiger charge is -2.12. The van der Waals surface area contributed by atoms with Gasteiger partial charge in [-0.05, 0) is 43.5 Å². The van der Waals surface area contributed by atoms with Crippen LogP contribution in [-0.4, -0.2) is 39.4 Å². The highest BCUT2D eigenvalue weighted by Gasteiger charge is 2.06. The van der Waals surface area contributed by atoms with E-state index in [-0.39, 0.29) is 11.9 Å². The Balaban J connectivity index is 2.63. The minimum Gasteiger partial charge on any atom is -0.493 e. The van der Waals surface area contributed by atoms with E-state index in [0.29, 0.717) is 24.7 Å². The summed E-state index contributed by atoms with van der Waals surface area (Å²) in [7, 11) is 3.25. The van der Waals surface area contributed by atoms with E-state index in [1.807, 2.05) is 25.1 Å². The summed E-state index contributed by atoms with van der Waals surface area (Å²) in [5.41, 5.74) is 0.880. The minimum absolute atomic E-state index is 0.0754. The summed E-state index contributed by atoms with van der Waals surface area (Å²) in [5.74, 6) is 1.25. The lowest BCUT2D eigenvalue weighted by molar-refractivity contribution is -0.117. The van der Waals surface area contributed by atoms with Crippen molar-refractivity contribution in [3.8, 4) is 11.5 Å². The molecule has 0 aromatic heterocycles. The first-order valence-electron chi connectivity index (χ1n) is 7.89. The number of carbonyl (C=O) groups excluding carboxylic acids is 1. The molecule has 0 aliphatic carbocycles. The van der Waals surface area contributed by atoms with Gasteiger partial charge in [0.15, 0.2) is 11.5 Å². The Morgan fingerprint density at radius 2 is 2.04 bits per heavy atom. The van der Waals surface area contributed by atoms with E-state index in [1.165, 1.54) is 6.08 Å². The molecule has 0 radical (unpaired) electrons. The molecule has 1 rings (SSSR count). The molecule has 5 nitrogen and oxygen atoms in total. The van der Waals surface area contributed by atoms with Crippen molar-refractivity contribution in [2.24, 2.45) is 0 Å². The fraction of sp³-hybridized carbons (Fsp3) is 0.500. The molecule has 0 aliphatic heterocycles. The topological polar surface area (TPSA) is 56.8 Å². The molecule has 23 heavy (non-hydrogen) atoms. The largest absolute Gasteiger partial charge is 0.493 e. The Labute approximate surface area is 138 Å². The monoisotopic (exact) mass is 321 g/mol. The molecule has 0 bridgehead atoms. The summed E-state index contributed by atoms with van der Waals surface area (Å²) in [6, 6.07) is 5.67. The summed E-state index contributed by atoms with van der Waals surface area (Å²) in [6.07, 6.45) is 4.99. The Hall–Kier alpha value is -2.01. The molecule has 1 atom stereocenters. The third-order valence-corrected chi connectivity index (χ3v) is 3.22. The molecule has 1 amide bonds. The van der Waals surface area contributed by atoms with Crippen LogP contribution in [0.2, 0.25) is 0 Å². The van der Waals surface area contributed by atoms with Crippen molar-refractivity contribution in [2.75, 3.05) is 27.4 Å². The van der Waals surface area contributed by atoms with Crippen molar-refractivity contribution in [3.05, 3.63) is 29.8 Å². The second kappa shape index (κ2) is 10.7. The van der Waals surface area contributed by atoms with Gasteiger partial charge in [0, 0.05) is 25.8 Å². The molecule has 1 aromatic rings. The van der Waals surface area contributed by atoms with E-state index < -0.39 is 0 Å². The number of carbonyl (C=O) groups is 1. The van der Waals surface area contributed by atoms with Crippen molar-refractivity contribution < 1.29 is 19.0 Å². The van der Waals surface area contributed by atoms with Crippen LogP contribution < -0.4 is 14.8 Å². The van der Waals surface area contributed by atoms with Crippen LogP contribution in [0, 0.1) is 0 Å². The zero-order chi connectivity index (χ0) is 17.1. The van der Waals surface area contributed by atoms with Crippen molar-refractivity contribution in [1.29, 1.82) is 0 Å². The third kappa shape index (κ3) is 7.19. The fourth-order valence-corrected chi connectivity index (χ4v) is 1.95. The lowest BCUT2D eigenvalue weighted by Crippen LogP contribution is -2.31. The molecule has 128 valence electrons. The van der Waals surface area contributed by atoms with Crippen molar-refractivity contribution >= 4 is 12.0 Å². The van der Waals surface area contributed by atoms with Gasteiger partial charge in [-0.2, -0.15) is 0 Å².